The van der Waals surface area contributed by atoms with Crippen LogP contribution in [0.3, 0.4) is 0 Å². The average Bonchev–Trinajstić information content (AvgIpc) is 2.70. The molecule has 0 aromatic carbocycles. The fourth-order valence-electron chi connectivity index (χ4n) is 2.22. The van der Waals surface area contributed by atoms with E-state index in [0.717, 1.165) is 19.4 Å². The van der Waals surface area contributed by atoms with Crippen molar-refractivity contribution in [1.29, 1.82) is 0 Å². The number of nitrogens with zero attached hydrogens (tertiary/aromatic N) is 3. The molecule has 0 bridgehead atoms. The molecule has 3 heteroatoms. The van der Waals surface area contributed by atoms with Crippen molar-refractivity contribution in [2.45, 2.75) is 19.4 Å². The lowest BCUT2D eigenvalue weighted by Gasteiger charge is -2.03. The minimum atomic E-state index is 0.975. The first-order valence-corrected chi connectivity index (χ1v) is 4.97. The molecule has 0 fully saturated rings. The minimum absolute atomic E-state index is 0.975. The molecule has 0 saturated heterocycles. The molecular weight excluding hydrogens is 174 g/mol. The summed E-state index contributed by atoms with van der Waals surface area (Å²) in [4.78, 5) is 4.38. The van der Waals surface area contributed by atoms with Crippen LogP contribution in [-0.4, -0.2) is 14.1 Å². The van der Waals surface area contributed by atoms with Crippen molar-refractivity contribution in [3.8, 4) is 0 Å². The predicted molar refractivity (Wildman–Crippen MR) is 54.2 cm³/mol. The fourth-order valence-corrected chi connectivity index (χ4v) is 2.22. The summed E-state index contributed by atoms with van der Waals surface area (Å²) in [5, 5.41) is 0. The second-order valence-corrected chi connectivity index (χ2v) is 3.86. The predicted octanol–water partition coefficient (Wildman–Crippen LogP) is 1.37. The molecule has 3 nitrogen and oxygen atoms in total. The standard InChI is InChI=1S/C11H13N3/c1-13-5-2-9-8-11-12-4-7-14(11)6-3-10(9)13/h2,4-5,7H,3,6,8H2,1H3. The van der Waals surface area contributed by atoms with Gasteiger partial charge in [-0.15, -0.1) is 0 Å². The molecule has 0 amide bonds. The number of hydrogen-bond acceptors (Lipinski definition) is 1. The van der Waals surface area contributed by atoms with Gasteiger partial charge in [-0.05, 0) is 11.6 Å². The van der Waals surface area contributed by atoms with Gasteiger partial charge in [-0.1, -0.05) is 0 Å². The molecule has 0 aliphatic carbocycles. The van der Waals surface area contributed by atoms with Gasteiger partial charge in [0.05, 0.1) is 0 Å². The summed E-state index contributed by atoms with van der Waals surface area (Å²) in [6, 6.07) is 2.21. The Morgan fingerprint density at radius 2 is 2.29 bits per heavy atom. The monoisotopic (exact) mass is 187 g/mol. The Hall–Kier alpha value is -1.51. The molecule has 0 unspecified atom stereocenters. The topological polar surface area (TPSA) is 22.8 Å². The molecule has 0 saturated carbocycles. The van der Waals surface area contributed by atoms with Crippen LogP contribution < -0.4 is 0 Å². The second-order valence-electron chi connectivity index (χ2n) is 3.86. The Balaban J connectivity index is 2.10. The first kappa shape index (κ1) is 7.85. The number of fused-ring (bicyclic) bond motifs is 2. The van der Waals surface area contributed by atoms with E-state index in [1.807, 2.05) is 6.20 Å². The van der Waals surface area contributed by atoms with Crippen LogP contribution in [0.2, 0.25) is 0 Å². The van der Waals surface area contributed by atoms with E-state index in [1.54, 1.807) is 0 Å². The minimum Gasteiger partial charge on any atom is -0.354 e. The highest BCUT2D eigenvalue weighted by atomic mass is 15.1. The fraction of sp³-hybridized carbons (Fsp3) is 0.364. The number of rotatable bonds is 0. The second kappa shape index (κ2) is 2.74. The summed E-state index contributed by atoms with van der Waals surface area (Å²) in [6.07, 6.45) is 8.19. The molecule has 2 aromatic heterocycles. The van der Waals surface area contributed by atoms with Gasteiger partial charge in [0, 0.05) is 50.7 Å². The van der Waals surface area contributed by atoms with Gasteiger partial charge >= 0.3 is 0 Å². The van der Waals surface area contributed by atoms with E-state index in [4.69, 9.17) is 0 Å². The molecule has 0 radical (unpaired) electrons. The molecule has 2 aromatic rings. The quantitative estimate of drug-likeness (QED) is 0.610. The first-order chi connectivity index (χ1) is 6.84. The lowest BCUT2D eigenvalue weighted by Crippen LogP contribution is -2.02. The van der Waals surface area contributed by atoms with Crippen molar-refractivity contribution in [3.63, 3.8) is 0 Å². The summed E-state index contributed by atoms with van der Waals surface area (Å²) in [6.45, 7) is 1.06. The molecule has 1 aliphatic heterocycles. The Bertz CT molecular complexity index is 465. The van der Waals surface area contributed by atoms with Gasteiger partial charge in [-0.25, -0.2) is 4.98 Å². The van der Waals surface area contributed by atoms with Crippen molar-refractivity contribution >= 4 is 0 Å². The van der Waals surface area contributed by atoms with E-state index in [2.05, 4.69) is 39.6 Å². The SMILES string of the molecule is Cn1ccc2c1CCn1ccnc1C2. The van der Waals surface area contributed by atoms with Crippen LogP contribution in [-0.2, 0) is 26.4 Å². The van der Waals surface area contributed by atoms with Crippen LogP contribution in [0.4, 0.5) is 0 Å². The van der Waals surface area contributed by atoms with Gasteiger partial charge in [-0.2, -0.15) is 0 Å². The number of aryl methyl sites for hydroxylation is 2. The van der Waals surface area contributed by atoms with Gasteiger partial charge in [0.2, 0.25) is 0 Å². The van der Waals surface area contributed by atoms with Crippen LogP contribution in [0.5, 0.6) is 0 Å². The zero-order chi connectivity index (χ0) is 9.54. The lowest BCUT2D eigenvalue weighted by molar-refractivity contribution is 0.658. The maximum atomic E-state index is 4.38. The Kier molecular flexibility index (Phi) is 1.54. The van der Waals surface area contributed by atoms with E-state index in [9.17, 15) is 0 Å². The Morgan fingerprint density at radius 3 is 3.21 bits per heavy atom. The van der Waals surface area contributed by atoms with Crippen molar-refractivity contribution in [3.05, 3.63) is 41.7 Å². The molecule has 3 heterocycles. The molecule has 0 atom stereocenters. The zero-order valence-electron chi connectivity index (χ0n) is 8.27. The molecule has 14 heavy (non-hydrogen) atoms. The number of imidazole rings is 1. The van der Waals surface area contributed by atoms with Gasteiger partial charge in [0.1, 0.15) is 5.82 Å². The maximum absolute atomic E-state index is 4.38. The normalized spacial score (nSPS) is 14.6. The molecular formula is C11H13N3. The third-order valence-corrected chi connectivity index (χ3v) is 3.04. The zero-order valence-corrected chi connectivity index (χ0v) is 8.27. The molecule has 3 rings (SSSR count). The number of aromatic nitrogens is 3. The van der Waals surface area contributed by atoms with E-state index in [-0.39, 0.29) is 0 Å². The summed E-state index contributed by atoms with van der Waals surface area (Å²) in [5.41, 5.74) is 2.88. The highest BCUT2D eigenvalue weighted by Gasteiger charge is 2.15. The average molecular weight is 187 g/mol. The summed E-state index contributed by atoms with van der Waals surface area (Å²) in [5.74, 6) is 1.19. The Morgan fingerprint density at radius 1 is 1.36 bits per heavy atom. The van der Waals surface area contributed by atoms with Crippen LogP contribution in [0.1, 0.15) is 17.1 Å². The van der Waals surface area contributed by atoms with E-state index >= 15 is 0 Å². The van der Waals surface area contributed by atoms with Gasteiger partial charge in [0.15, 0.2) is 0 Å². The van der Waals surface area contributed by atoms with E-state index in [1.165, 1.54) is 17.1 Å². The highest BCUT2D eigenvalue weighted by molar-refractivity contribution is 5.27. The van der Waals surface area contributed by atoms with Crippen LogP contribution in [0, 0.1) is 0 Å². The van der Waals surface area contributed by atoms with Crippen molar-refractivity contribution in [2.75, 3.05) is 0 Å². The maximum Gasteiger partial charge on any atom is 0.113 e. The molecule has 0 N–H and O–H groups in total. The third-order valence-electron chi connectivity index (χ3n) is 3.04. The van der Waals surface area contributed by atoms with Crippen molar-refractivity contribution in [2.24, 2.45) is 7.05 Å². The lowest BCUT2D eigenvalue weighted by atomic mass is 10.1. The van der Waals surface area contributed by atoms with Gasteiger partial charge in [-0.3, -0.25) is 0 Å². The Labute approximate surface area is 83.0 Å². The van der Waals surface area contributed by atoms with E-state index < -0.39 is 0 Å². The molecule has 1 aliphatic rings. The smallest absolute Gasteiger partial charge is 0.113 e. The largest absolute Gasteiger partial charge is 0.354 e. The molecule has 72 valence electrons. The summed E-state index contributed by atoms with van der Waals surface area (Å²) in [7, 11) is 2.12. The number of hydrogen-bond donors (Lipinski definition) is 0. The van der Waals surface area contributed by atoms with Gasteiger partial charge in [0.25, 0.3) is 0 Å². The third kappa shape index (κ3) is 1.02. The van der Waals surface area contributed by atoms with E-state index in [0.29, 0.717) is 0 Å². The summed E-state index contributed by atoms with van der Waals surface area (Å²) >= 11 is 0. The van der Waals surface area contributed by atoms with Crippen molar-refractivity contribution < 1.29 is 0 Å². The van der Waals surface area contributed by atoms with Crippen molar-refractivity contribution in [1.82, 2.24) is 14.1 Å². The first-order valence-electron chi connectivity index (χ1n) is 4.97. The summed E-state index contributed by atoms with van der Waals surface area (Å²) < 4.78 is 4.47. The van der Waals surface area contributed by atoms with Crippen LogP contribution in [0.15, 0.2) is 24.7 Å². The highest BCUT2D eigenvalue weighted by Crippen LogP contribution is 2.19. The van der Waals surface area contributed by atoms with Crippen LogP contribution >= 0.6 is 0 Å². The molecule has 0 spiro atoms. The van der Waals surface area contributed by atoms with Crippen LogP contribution in [0.25, 0.3) is 0 Å². The van der Waals surface area contributed by atoms with Gasteiger partial charge < -0.3 is 9.13 Å².